The number of rotatable bonds is 8. The SMILES string of the molecule is CCc1ccccc1NC(=O)CCC(=O)OCC(=O)NNC(=O)c1ccccc1Cl. The molecule has 30 heavy (non-hydrogen) atoms. The van der Waals surface area contributed by atoms with Crippen molar-refractivity contribution in [2.45, 2.75) is 26.2 Å². The van der Waals surface area contributed by atoms with Crippen LogP contribution in [0.2, 0.25) is 5.02 Å². The van der Waals surface area contributed by atoms with Crippen LogP contribution in [0, 0.1) is 0 Å². The number of hydrazine groups is 1. The second kappa shape index (κ2) is 11.6. The fraction of sp³-hybridized carbons (Fsp3) is 0.238. The van der Waals surface area contributed by atoms with Gasteiger partial charge in [-0.1, -0.05) is 48.9 Å². The van der Waals surface area contributed by atoms with Crippen LogP contribution >= 0.6 is 11.6 Å². The minimum Gasteiger partial charge on any atom is -0.455 e. The number of anilines is 1. The molecule has 158 valence electrons. The van der Waals surface area contributed by atoms with Crippen molar-refractivity contribution < 1.29 is 23.9 Å². The van der Waals surface area contributed by atoms with Gasteiger partial charge in [0.05, 0.1) is 17.0 Å². The standard InChI is InChI=1S/C21H22ClN3O5/c1-2-14-7-3-6-10-17(14)23-18(26)11-12-20(28)30-13-19(27)24-25-21(29)15-8-4-5-9-16(15)22/h3-10H,2,11-13H2,1H3,(H,23,26)(H,24,27)(H,25,29). The number of halogens is 1. The summed E-state index contributed by atoms with van der Waals surface area (Å²) in [5.74, 6) is -2.37. The van der Waals surface area contributed by atoms with Crippen LogP contribution in [-0.2, 0) is 25.5 Å². The molecule has 9 heteroatoms. The van der Waals surface area contributed by atoms with E-state index in [1.165, 1.54) is 12.1 Å². The lowest BCUT2D eigenvalue weighted by atomic mass is 10.1. The van der Waals surface area contributed by atoms with Gasteiger partial charge in [-0.05, 0) is 30.2 Å². The summed E-state index contributed by atoms with van der Waals surface area (Å²) in [5.41, 5.74) is 6.17. The van der Waals surface area contributed by atoms with Gasteiger partial charge < -0.3 is 10.1 Å². The summed E-state index contributed by atoms with van der Waals surface area (Å²) >= 11 is 5.89. The van der Waals surface area contributed by atoms with E-state index >= 15 is 0 Å². The van der Waals surface area contributed by atoms with E-state index in [4.69, 9.17) is 16.3 Å². The summed E-state index contributed by atoms with van der Waals surface area (Å²) < 4.78 is 4.80. The molecule has 0 bridgehead atoms. The Bertz CT molecular complexity index is 932. The lowest BCUT2D eigenvalue weighted by molar-refractivity contribution is -0.149. The normalized spacial score (nSPS) is 10.1. The molecule has 0 aromatic heterocycles. The molecule has 3 N–H and O–H groups in total. The number of aryl methyl sites for hydroxylation is 1. The van der Waals surface area contributed by atoms with Crippen molar-refractivity contribution in [2.24, 2.45) is 0 Å². The van der Waals surface area contributed by atoms with Crippen molar-refractivity contribution in [2.75, 3.05) is 11.9 Å². The second-order valence-corrected chi connectivity index (χ2v) is 6.61. The highest BCUT2D eigenvalue weighted by atomic mass is 35.5. The Morgan fingerprint density at radius 1 is 0.900 bits per heavy atom. The third-order valence-electron chi connectivity index (χ3n) is 4.03. The molecule has 0 aliphatic heterocycles. The van der Waals surface area contributed by atoms with Crippen LogP contribution in [0.15, 0.2) is 48.5 Å². The van der Waals surface area contributed by atoms with Crippen LogP contribution in [0.3, 0.4) is 0 Å². The van der Waals surface area contributed by atoms with Gasteiger partial charge in [-0.15, -0.1) is 0 Å². The fourth-order valence-electron chi connectivity index (χ4n) is 2.47. The van der Waals surface area contributed by atoms with E-state index in [2.05, 4.69) is 16.2 Å². The number of benzene rings is 2. The molecule has 0 heterocycles. The monoisotopic (exact) mass is 431 g/mol. The molecule has 3 amide bonds. The molecule has 0 aliphatic carbocycles. The Labute approximate surface area is 178 Å². The van der Waals surface area contributed by atoms with E-state index in [1.807, 2.05) is 25.1 Å². The molecule has 2 aromatic carbocycles. The quantitative estimate of drug-likeness (QED) is 0.439. The second-order valence-electron chi connectivity index (χ2n) is 6.20. The molecule has 0 unspecified atom stereocenters. The Morgan fingerprint density at radius 2 is 1.60 bits per heavy atom. The van der Waals surface area contributed by atoms with Gasteiger partial charge in [0.1, 0.15) is 0 Å². The maximum Gasteiger partial charge on any atom is 0.306 e. The van der Waals surface area contributed by atoms with Crippen LogP contribution < -0.4 is 16.2 Å². The molecule has 0 saturated heterocycles. The van der Waals surface area contributed by atoms with Gasteiger partial charge in [0.25, 0.3) is 11.8 Å². The smallest absolute Gasteiger partial charge is 0.306 e. The van der Waals surface area contributed by atoms with E-state index in [-0.39, 0.29) is 29.3 Å². The number of nitrogens with one attached hydrogen (secondary N) is 3. The van der Waals surface area contributed by atoms with Gasteiger partial charge in [-0.3, -0.25) is 30.0 Å². The fourth-order valence-corrected chi connectivity index (χ4v) is 2.69. The number of hydrogen-bond acceptors (Lipinski definition) is 5. The molecule has 0 fully saturated rings. The predicted octanol–water partition coefficient (Wildman–Crippen LogP) is 2.63. The molecule has 2 aromatic rings. The first kappa shape index (κ1) is 22.9. The van der Waals surface area contributed by atoms with Gasteiger partial charge in [-0.2, -0.15) is 0 Å². The Balaban J connectivity index is 1.67. The Kier molecular flexibility index (Phi) is 8.83. The number of ether oxygens (including phenoxy) is 1. The van der Waals surface area contributed by atoms with Crippen molar-refractivity contribution in [1.29, 1.82) is 0 Å². The summed E-state index contributed by atoms with van der Waals surface area (Å²) in [6.45, 7) is 1.38. The minimum atomic E-state index is -0.731. The van der Waals surface area contributed by atoms with Crippen LogP contribution in [-0.4, -0.2) is 30.3 Å². The Morgan fingerprint density at radius 3 is 2.33 bits per heavy atom. The van der Waals surface area contributed by atoms with Gasteiger partial charge in [-0.25, -0.2) is 0 Å². The number of carbonyl (C=O) groups excluding carboxylic acids is 4. The molecule has 0 atom stereocenters. The van der Waals surface area contributed by atoms with E-state index in [0.29, 0.717) is 5.69 Å². The molecule has 0 spiro atoms. The van der Waals surface area contributed by atoms with Crippen LogP contribution in [0.25, 0.3) is 0 Å². The molecular weight excluding hydrogens is 410 g/mol. The van der Waals surface area contributed by atoms with Crippen LogP contribution in [0.5, 0.6) is 0 Å². The maximum absolute atomic E-state index is 12.0. The predicted molar refractivity (Wildman–Crippen MR) is 112 cm³/mol. The zero-order valence-corrected chi connectivity index (χ0v) is 17.1. The Hall–Kier alpha value is -3.39. The summed E-state index contributed by atoms with van der Waals surface area (Å²) in [6.07, 6.45) is 0.502. The zero-order valence-electron chi connectivity index (χ0n) is 16.4. The lowest BCUT2D eigenvalue weighted by Gasteiger charge is -2.10. The van der Waals surface area contributed by atoms with Crippen molar-refractivity contribution in [3.05, 3.63) is 64.7 Å². The van der Waals surface area contributed by atoms with Crippen molar-refractivity contribution in [1.82, 2.24) is 10.9 Å². The van der Waals surface area contributed by atoms with Gasteiger partial charge in [0, 0.05) is 12.1 Å². The average molecular weight is 432 g/mol. The van der Waals surface area contributed by atoms with E-state index < -0.39 is 24.4 Å². The summed E-state index contributed by atoms with van der Waals surface area (Å²) in [5, 5.41) is 2.98. The minimum absolute atomic E-state index is 0.0816. The first-order valence-corrected chi connectivity index (χ1v) is 9.65. The lowest BCUT2D eigenvalue weighted by Crippen LogP contribution is -2.43. The zero-order chi connectivity index (χ0) is 21.9. The number of esters is 1. The third kappa shape index (κ3) is 7.21. The molecule has 0 aliphatic rings. The highest BCUT2D eigenvalue weighted by Gasteiger charge is 2.13. The topological polar surface area (TPSA) is 114 Å². The summed E-state index contributed by atoms with van der Waals surface area (Å²) in [4.78, 5) is 47.4. The maximum atomic E-state index is 12.0. The highest BCUT2D eigenvalue weighted by molar-refractivity contribution is 6.33. The van der Waals surface area contributed by atoms with Crippen molar-refractivity contribution in [3.63, 3.8) is 0 Å². The number of hydrogen-bond donors (Lipinski definition) is 3. The van der Waals surface area contributed by atoms with Crippen molar-refractivity contribution in [3.8, 4) is 0 Å². The molecule has 0 radical (unpaired) electrons. The number of carbonyl (C=O) groups is 4. The van der Waals surface area contributed by atoms with Crippen molar-refractivity contribution >= 4 is 41.0 Å². The van der Waals surface area contributed by atoms with E-state index in [0.717, 1.165) is 12.0 Å². The average Bonchev–Trinajstić information content (AvgIpc) is 2.75. The third-order valence-corrected chi connectivity index (χ3v) is 4.36. The summed E-state index contributed by atoms with van der Waals surface area (Å²) in [7, 11) is 0. The van der Waals surface area contributed by atoms with Gasteiger partial charge in [0.15, 0.2) is 6.61 Å². The molecule has 0 saturated carbocycles. The van der Waals surface area contributed by atoms with E-state index in [1.54, 1.807) is 18.2 Å². The molecule has 8 nitrogen and oxygen atoms in total. The van der Waals surface area contributed by atoms with Crippen LogP contribution in [0.1, 0.15) is 35.7 Å². The highest BCUT2D eigenvalue weighted by Crippen LogP contribution is 2.16. The summed E-state index contributed by atoms with van der Waals surface area (Å²) in [6, 6.07) is 13.7. The largest absolute Gasteiger partial charge is 0.455 e. The van der Waals surface area contributed by atoms with E-state index in [9.17, 15) is 19.2 Å². The van der Waals surface area contributed by atoms with Crippen LogP contribution in [0.4, 0.5) is 5.69 Å². The molecule has 2 rings (SSSR count). The first-order chi connectivity index (χ1) is 14.4. The van der Waals surface area contributed by atoms with Gasteiger partial charge in [0.2, 0.25) is 5.91 Å². The number of amides is 3. The molecular formula is C21H22ClN3O5. The number of para-hydroxylation sites is 1. The van der Waals surface area contributed by atoms with Gasteiger partial charge >= 0.3 is 5.97 Å². The first-order valence-electron chi connectivity index (χ1n) is 9.27.